The van der Waals surface area contributed by atoms with Crippen LogP contribution in [0.4, 0.5) is 11.5 Å². The lowest BCUT2D eigenvalue weighted by Gasteiger charge is -2.35. The Morgan fingerprint density at radius 3 is 2.40 bits per heavy atom. The Kier molecular flexibility index (Phi) is 6.10. The van der Waals surface area contributed by atoms with E-state index in [2.05, 4.69) is 56.9 Å². The van der Waals surface area contributed by atoms with Crippen LogP contribution in [0.1, 0.15) is 48.5 Å². The number of carbonyl (C=O) groups is 1. The lowest BCUT2D eigenvalue weighted by Crippen LogP contribution is -2.48. The van der Waals surface area contributed by atoms with E-state index in [1.54, 1.807) is 0 Å². The second-order valence-corrected chi connectivity index (χ2v) is 8.50. The van der Waals surface area contributed by atoms with Crippen LogP contribution in [0.25, 0.3) is 0 Å². The number of anilines is 2. The van der Waals surface area contributed by atoms with Gasteiger partial charge >= 0.3 is 0 Å². The van der Waals surface area contributed by atoms with Gasteiger partial charge in [0.1, 0.15) is 11.9 Å². The zero-order valence-corrected chi connectivity index (χ0v) is 18.0. The van der Waals surface area contributed by atoms with Gasteiger partial charge in [-0.1, -0.05) is 31.0 Å². The topological polar surface area (TPSA) is 64.3 Å². The minimum atomic E-state index is -0.0311. The summed E-state index contributed by atoms with van der Waals surface area (Å²) >= 11 is 0. The van der Waals surface area contributed by atoms with Crippen LogP contribution in [-0.4, -0.2) is 48.1 Å². The summed E-state index contributed by atoms with van der Waals surface area (Å²) in [6.07, 6.45) is 4.65. The Labute approximate surface area is 179 Å². The average molecular weight is 406 g/mol. The molecule has 0 atom stereocenters. The fourth-order valence-electron chi connectivity index (χ4n) is 4.88. The van der Waals surface area contributed by atoms with E-state index in [4.69, 9.17) is 0 Å². The van der Waals surface area contributed by atoms with Crippen LogP contribution in [0, 0.1) is 25.2 Å². The normalized spacial score (nSPS) is 17.8. The van der Waals surface area contributed by atoms with Crippen LogP contribution in [0.5, 0.6) is 0 Å². The Morgan fingerprint density at radius 1 is 1.10 bits per heavy atom. The third-order valence-corrected chi connectivity index (χ3v) is 6.68. The number of amides is 1. The summed E-state index contributed by atoms with van der Waals surface area (Å²) in [5.41, 5.74) is 3.93. The number of nitrogens with zero attached hydrogens (tertiary/aromatic N) is 4. The molecular formula is C24H31N5O. The first-order chi connectivity index (χ1) is 14.6. The standard InChI is InChI=1S/C24H31N5O/c1-18-19(2)29(21-10-6-7-11-21)24(22(18)16-25)26-23(30)17-27-12-14-28(15-13-27)20-8-4-3-5-9-20/h3-5,8-9,21H,6-7,10-15,17H2,1-2H3,(H,26,30). The highest BCUT2D eigenvalue weighted by Gasteiger charge is 2.27. The molecule has 2 heterocycles. The Hall–Kier alpha value is -2.78. The Bertz CT molecular complexity index is 929. The van der Waals surface area contributed by atoms with Crippen molar-refractivity contribution in [1.82, 2.24) is 9.47 Å². The summed E-state index contributed by atoms with van der Waals surface area (Å²) in [6, 6.07) is 13.1. The number of rotatable bonds is 5. The minimum Gasteiger partial charge on any atom is -0.369 e. The second kappa shape index (κ2) is 8.93. The maximum absolute atomic E-state index is 12.9. The Balaban J connectivity index is 1.41. The summed E-state index contributed by atoms with van der Waals surface area (Å²) < 4.78 is 2.21. The number of hydrogen-bond acceptors (Lipinski definition) is 4. The molecule has 30 heavy (non-hydrogen) atoms. The van der Waals surface area contributed by atoms with Crippen molar-refractivity contribution in [3.63, 3.8) is 0 Å². The van der Waals surface area contributed by atoms with E-state index in [1.165, 1.54) is 18.5 Å². The van der Waals surface area contributed by atoms with E-state index in [0.29, 0.717) is 24.0 Å². The molecule has 1 N–H and O–H groups in total. The lowest BCUT2D eigenvalue weighted by molar-refractivity contribution is -0.117. The van der Waals surface area contributed by atoms with Crippen molar-refractivity contribution in [2.24, 2.45) is 0 Å². The first kappa shape index (κ1) is 20.5. The summed E-state index contributed by atoms with van der Waals surface area (Å²) in [7, 11) is 0. The quantitative estimate of drug-likeness (QED) is 0.821. The maximum atomic E-state index is 12.9. The van der Waals surface area contributed by atoms with Gasteiger partial charge in [0.05, 0.1) is 12.1 Å². The third kappa shape index (κ3) is 4.08. The Morgan fingerprint density at radius 2 is 1.77 bits per heavy atom. The smallest absolute Gasteiger partial charge is 0.239 e. The van der Waals surface area contributed by atoms with Gasteiger partial charge in [-0.25, -0.2) is 0 Å². The van der Waals surface area contributed by atoms with Crippen molar-refractivity contribution >= 4 is 17.4 Å². The number of aromatic nitrogens is 1. The molecule has 1 aromatic heterocycles. The van der Waals surface area contributed by atoms with E-state index in [-0.39, 0.29) is 5.91 Å². The van der Waals surface area contributed by atoms with Crippen molar-refractivity contribution in [2.45, 2.75) is 45.6 Å². The number of piperazine rings is 1. The molecule has 158 valence electrons. The van der Waals surface area contributed by atoms with Crippen LogP contribution in [-0.2, 0) is 4.79 Å². The van der Waals surface area contributed by atoms with Gasteiger partial charge in [-0.3, -0.25) is 9.69 Å². The molecule has 2 aromatic rings. The van der Waals surface area contributed by atoms with Gasteiger partial charge in [0, 0.05) is 43.6 Å². The molecule has 4 rings (SSSR count). The summed E-state index contributed by atoms with van der Waals surface area (Å²) in [6.45, 7) is 7.95. The molecule has 0 spiro atoms. The average Bonchev–Trinajstić information content (AvgIpc) is 3.36. The summed E-state index contributed by atoms with van der Waals surface area (Å²) in [5.74, 6) is 0.670. The first-order valence-electron chi connectivity index (χ1n) is 11.0. The number of benzene rings is 1. The van der Waals surface area contributed by atoms with E-state index in [1.807, 2.05) is 13.0 Å². The molecular weight excluding hydrogens is 374 g/mol. The highest BCUT2D eigenvalue weighted by atomic mass is 16.2. The SMILES string of the molecule is Cc1c(C#N)c(NC(=O)CN2CCN(c3ccccc3)CC2)n(C2CCCC2)c1C. The molecule has 1 amide bonds. The number of nitriles is 1. The van der Waals surface area contributed by atoms with Gasteiger partial charge < -0.3 is 14.8 Å². The number of para-hydroxylation sites is 1. The molecule has 0 bridgehead atoms. The summed E-state index contributed by atoms with van der Waals surface area (Å²) in [5, 5.41) is 12.8. The number of carbonyl (C=O) groups excluding carboxylic acids is 1. The molecule has 6 nitrogen and oxygen atoms in total. The lowest BCUT2D eigenvalue weighted by atomic mass is 10.2. The highest BCUT2D eigenvalue weighted by Crippen LogP contribution is 2.37. The van der Waals surface area contributed by atoms with E-state index < -0.39 is 0 Å². The zero-order chi connectivity index (χ0) is 21.1. The van der Waals surface area contributed by atoms with E-state index in [0.717, 1.165) is 50.3 Å². The molecule has 2 fully saturated rings. The largest absolute Gasteiger partial charge is 0.369 e. The molecule has 2 aliphatic rings. The van der Waals surface area contributed by atoms with Crippen LogP contribution in [0.15, 0.2) is 30.3 Å². The van der Waals surface area contributed by atoms with Gasteiger partial charge in [-0.2, -0.15) is 5.26 Å². The molecule has 1 saturated heterocycles. The van der Waals surface area contributed by atoms with Gasteiger partial charge in [-0.15, -0.1) is 0 Å². The predicted octanol–water partition coefficient (Wildman–Crippen LogP) is 3.85. The second-order valence-electron chi connectivity index (χ2n) is 8.50. The van der Waals surface area contributed by atoms with Crippen molar-refractivity contribution in [3.05, 3.63) is 47.2 Å². The predicted molar refractivity (Wildman–Crippen MR) is 120 cm³/mol. The van der Waals surface area contributed by atoms with Gasteiger partial charge in [0.15, 0.2) is 0 Å². The van der Waals surface area contributed by atoms with E-state index in [9.17, 15) is 10.1 Å². The molecule has 6 heteroatoms. The molecule has 1 aromatic carbocycles. The molecule has 0 unspecified atom stereocenters. The van der Waals surface area contributed by atoms with Gasteiger partial charge in [0.25, 0.3) is 0 Å². The minimum absolute atomic E-state index is 0.0311. The highest BCUT2D eigenvalue weighted by molar-refractivity contribution is 5.93. The van der Waals surface area contributed by atoms with Gasteiger partial charge in [-0.05, 0) is 44.4 Å². The number of nitrogens with one attached hydrogen (secondary N) is 1. The maximum Gasteiger partial charge on any atom is 0.239 e. The first-order valence-corrected chi connectivity index (χ1v) is 11.0. The number of hydrogen-bond donors (Lipinski definition) is 1. The van der Waals surface area contributed by atoms with Crippen LogP contribution < -0.4 is 10.2 Å². The van der Waals surface area contributed by atoms with Crippen LogP contribution >= 0.6 is 0 Å². The molecule has 1 saturated carbocycles. The molecule has 0 radical (unpaired) electrons. The van der Waals surface area contributed by atoms with Crippen molar-refractivity contribution < 1.29 is 4.79 Å². The van der Waals surface area contributed by atoms with Crippen LogP contribution in [0.3, 0.4) is 0 Å². The van der Waals surface area contributed by atoms with Gasteiger partial charge in [0.2, 0.25) is 5.91 Å². The van der Waals surface area contributed by atoms with E-state index >= 15 is 0 Å². The van der Waals surface area contributed by atoms with Crippen molar-refractivity contribution in [1.29, 1.82) is 5.26 Å². The molecule has 1 aliphatic carbocycles. The monoisotopic (exact) mass is 405 g/mol. The van der Waals surface area contributed by atoms with Crippen molar-refractivity contribution in [3.8, 4) is 6.07 Å². The fraction of sp³-hybridized carbons (Fsp3) is 0.500. The van der Waals surface area contributed by atoms with Crippen LogP contribution in [0.2, 0.25) is 0 Å². The third-order valence-electron chi connectivity index (χ3n) is 6.68. The fourth-order valence-corrected chi connectivity index (χ4v) is 4.88. The summed E-state index contributed by atoms with van der Waals surface area (Å²) in [4.78, 5) is 17.5. The zero-order valence-electron chi connectivity index (χ0n) is 18.0. The molecule has 1 aliphatic heterocycles. The van der Waals surface area contributed by atoms with Crippen molar-refractivity contribution in [2.75, 3.05) is 42.9 Å².